The highest BCUT2D eigenvalue weighted by Gasteiger charge is 2.48. The summed E-state index contributed by atoms with van der Waals surface area (Å²) in [5.41, 5.74) is 4.50. The van der Waals surface area contributed by atoms with Gasteiger partial charge in [-0.15, -0.1) is 0 Å². The molecule has 0 bridgehead atoms. The highest BCUT2D eigenvalue weighted by molar-refractivity contribution is 6.36. The largest absolute Gasteiger partial charge is 0.481 e. The fourth-order valence-electron chi connectivity index (χ4n) is 10.4. The summed E-state index contributed by atoms with van der Waals surface area (Å²) in [5, 5.41) is 13.7. The Bertz CT molecular complexity index is 2590. The van der Waals surface area contributed by atoms with Crippen LogP contribution >= 0.6 is 23.2 Å². The number of aliphatic carboxylic acids is 1. The average Bonchev–Trinajstić information content (AvgIpc) is 4.05. The molecule has 5 heterocycles. The van der Waals surface area contributed by atoms with Crippen molar-refractivity contribution in [2.75, 3.05) is 33.3 Å². The van der Waals surface area contributed by atoms with Crippen LogP contribution in [0.1, 0.15) is 77.6 Å². The Labute approximate surface area is 353 Å². The molecule has 3 aliphatic heterocycles. The van der Waals surface area contributed by atoms with Crippen LogP contribution in [-0.4, -0.2) is 70.6 Å². The molecule has 5 aliphatic rings. The van der Waals surface area contributed by atoms with Gasteiger partial charge in [-0.3, -0.25) is 19.4 Å². The molecular weight excluding hydrogens is 820 g/mol. The molecule has 3 saturated heterocycles. The van der Waals surface area contributed by atoms with E-state index in [1.54, 1.807) is 25.3 Å². The molecule has 5 aromatic rings. The summed E-state index contributed by atoms with van der Waals surface area (Å²) in [5.74, 6) is -0.418. The molecule has 3 fully saturated rings. The van der Waals surface area contributed by atoms with Crippen molar-refractivity contribution in [1.82, 2.24) is 20.1 Å². The first kappa shape index (κ1) is 39.3. The Hall–Kier alpha value is -4.82. The van der Waals surface area contributed by atoms with Gasteiger partial charge in [0.15, 0.2) is 0 Å². The first-order valence-corrected chi connectivity index (χ1v) is 21.0. The second kappa shape index (κ2) is 14.7. The van der Waals surface area contributed by atoms with Crippen LogP contribution in [0.2, 0.25) is 10.0 Å². The summed E-state index contributed by atoms with van der Waals surface area (Å²) in [4.78, 5) is 32.4. The summed E-state index contributed by atoms with van der Waals surface area (Å²) in [6.45, 7) is 2.90. The predicted molar refractivity (Wildman–Crippen MR) is 218 cm³/mol. The number of carbonyl (C=O) groups excluding carboxylic acids is 1. The van der Waals surface area contributed by atoms with Crippen LogP contribution in [0.5, 0.6) is 11.8 Å². The van der Waals surface area contributed by atoms with E-state index in [4.69, 9.17) is 37.1 Å². The summed E-state index contributed by atoms with van der Waals surface area (Å²) < 4.78 is 63.0. The maximum absolute atomic E-state index is 14.9. The highest BCUT2D eigenvalue weighted by Crippen LogP contribution is 2.50. The summed E-state index contributed by atoms with van der Waals surface area (Å²) >= 11 is 14.0. The molecule has 0 saturated carbocycles. The number of likely N-dealkylation sites (tertiary alicyclic amines) is 2. The molecule has 0 unspecified atom stereocenters. The van der Waals surface area contributed by atoms with E-state index in [1.807, 2.05) is 41.3 Å². The second-order valence-electron chi connectivity index (χ2n) is 16.8. The number of halogens is 5. The van der Waals surface area contributed by atoms with Gasteiger partial charge >= 0.3 is 12.1 Å². The Morgan fingerprint density at radius 3 is 2.48 bits per heavy atom. The normalized spacial score (nSPS) is 22.3. The number of carbonyl (C=O) groups is 2. The van der Waals surface area contributed by atoms with E-state index < -0.39 is 23.6 Å². The van der Waals surface area contributed by atoms with Crippen LogP contribution < -0.4 is 14.8 Å². The van der Waals surface area contributed by atoms with Crippen LogP contribution in [0.15, 0.2) is 59.0 Å². The van der Waals surface area contributed by atoms with E-state index in [-0.39, 0.29) is 52.8 Å². The van der Waals surface area contributed by atoms with Crippen molar-refractivity contribution in [2.45, 2.75) is 75.4 Å². The lowest BCUT2D eigenvalue weighted by atomic mass is 9.88. The number of aromatic nitrogens is 1. The van der Waals surface area contributed by atoms with E-state index in [1.165, 1.54) is 0 Å². The standard InChI is InChI=1S/C45H41Cl2F3N4O6/c1-58-41-25(19-53-21-44(22-53)14-12-37(55)52-44)17-33(46)42(51-41)60-35-11-9-27-26(4-2-5-28(27)35)30-6-3-7-31(39(30)47)36-18-24-16-32-29(38(40(24)59-36)45(48,49)50)8-10-34(32)54-15-13-23(20-54)43(56)57/h2-7,16-18,23,34-35H,8-15,19-22H2,1H3,(H,52,55)(H,56,57)/t23-,34-,35+/m1/s1. The topological polar surface area (TPSA) is 117 Å². The van der Waals surface area contributed by atoms with Crippen molar-refractivity contribution in [3.05, 3.63) is 98.0 Å². The number of nitrogens with one attached hydrogen (secondary N) is 1. The maximum Gasteiger partial charge on any atom is 0.420 e. The van der Waals surface area contributed by atoms with Crippen molar-refractivity contribution in [2.24, 2.45) is 5.92 Å². The molecule has 312 valence electrons. The fourth-order valence-corrected chi connectivity index (χ4v) is 11.0. The highest BCUT2D eigenvalue weighted by atomic mass is 35.5. The van der Waals surface area contributed by atoms with Crippen LogP contribution in [0, 0.1) is 5.92 Å². The molecule has 3 atom stereocenters. The van der Waals surface area contributed by atoms with E-state index in [9.17, 15) is 27.9 Å². The van der Waals surface area contributed by atoms with Gasteiger partial charge < -0.3 is 24.3 Å². The number of methoxy groups -OCH3 is 1. The number of carboxylic acids is 1. The number of hydrogen-bond acceptors (Lipinski definition) is 8. The van der Waals surface area contributed by atoms with Gasteiger partial charge in [-0.2, -0.15) is 18.2 Å². The van der Waals surface area contributed by atoms with Crippen molar-refractivity contribution in [3.8, 4) is 34.2 Å². The molecule has 1 amide bonds. The molecule has 0 radical (unpaired) electrons. The quantitative estimate of drug-likeness (QED) is 0.150. The minimum Gasteiger partial charge on any atom is -0.481 e. The molecule has 1 spiro atoms. The molecule has 10 nitrogen and oxygen atoms in total. The Morgan fingerprint density at radius 1 is 0.983 bits per heavy atom. The minimum absolute atomic E-state index is 0.0974. The number of nitrogens with zero attached hydrogens (tertiary/aromatic N) is 3. The first-order valence-electron chi connectivity index (χ1n) is 20.3. The smallest absolute Gasteiger partial charge is 0.420 e. The number of rotatable bonds is 9. The van der Waals surface area contributed by atoms with E-state index in [0.29, 0.717) is 89.7 Å². The Kier molecular flexibility index (Phi) is 9.62. The predicted octanol–water partition coefficient (Wildman–Crippen LogP) is 9.42. The molecule has 2 aromatic heterocycles. The van der Waals surface area contributed by atoms with E-state index in [2.05, 4.69) is 15.2 Å². The molecule has 15 heteroatoms. The third-order valence-corrected chi connectivity index (χ3v) is 13.8. The maximum atomic E-state index is 14.9. The van der Waals surface area contributed by atoms with Crippen molar-refractivity contribution in [3.63, 3.8) is 0 Å². The minimum atomic E-state index is -4.67. The zero-order chi connectivity index (χ0) is 41.7. The number of amides is 1. The van der Waals surface area contributed by atoms with Crippen LogP contribution in [-0.2, 0) is 35.2 Å². The van der Waals surface area contributed by atoms with Gasteiger partial charge in [-0.05, 0) is 97.2 Å². The van der Waals surface area contributed by atoms with Gasteiger partial charge in [0, 0.05) is 60.7 Å². The molecule has 2 N–H and O–H groups in total. The summed E-state index contributed by atoms with van der Waals surface area (Å²) in [7, 11) is 1.56. The molecule has 60 heavy (non-hydrogen) atoms. The van der Waals surface area contributed by atoms with Crippen LogP contribution in [0.25, 0.3) is 33.4 Å². The second-order valence-corrected chi connectivity index (χ2v) is 17.6. The third kappa shape index (κ3) is 6.68. The van der Waals surface area contributed by atoms with Gasteiger partial charge in [-0.1, -0.05) is 53.5 Å². The van der Waals surface area contributed by atoms with Gasteiger partial charge in [0.1, 0.15) is 28.0 Å². The summed E-state index contributed by atoms with van der Waals surface area (Å²) in [6, 6.07) is 16.3. The molecular formula is C45H41Cl2F3N4O6. The Balaban J connectivity index is 0.922. The number of carboxylic acid groups (broad SMARTS) is 1. The Morgan fingerprint density at radius 2 is 1.75 bits per heavy atom. The van der Waals surface area contributed by atoms with Crippen LogP contribution in [0.3, 0.4) is 0 Å². The van der Waals surface area contributed by atoms with Gasteiger partial charge in [-0.25, -0.2) is 0 Å². The monoisotopic (exact) mass is 860 g/mol. The van der Waals surface area contributed by atoms with Gasteiger partial charge in [0.05, 0.1) is 23.6 Å². The number of furan rings is 1. The number of benzene rings is 3. The SMILES string of the molecule is COc1nc(O[C@H]2CCc3c(-c4cccc(-c5cc6cc7c(c(C(F)(F)F)c6o5)CC[C@H]7N5CC[C@@H](C(=O)O)C5)c4Cl)cccc32)c(Cl)cc1CN1CC2(CCC(=O)N2)C1. The third-order valence-electron chi connectivity index (χ3n) is 13.2. The van der Waals surface area contributed by atoms with E-state index in [0.717, 1.165) is 41.8 Å². The average molecular weight is 862 g/mol. The number of alkyl halides is 3. The molecule has 2 aliphatic carbocycles. The van der Waals surface area contributed by atoms with Crippen molar-refractivity contribution in [1.29, 1.82) is 0 Å². The first-order chi connectivity index (χ1) is 28.8. The van der Waals surface area contributed by atoms with Crippen molar-refractivity contribution >= 4 is 46.0 Å². The number of hydrogen-bond donors (Lipinski definition) is 2. The number of ether oxygens (including phenoxy) is 2. The lowest BCUT2D eigenvalue weighted by Gasteiger charge is -2.48. The fraction of sp³-hybridized carbons (Fsp3) is 0.400. The van der Waals surface area contributed by atoms with E-state index >= 15 is 0 Å². The van der Waals surface area contributed by atoms with Crippen molar-refractivity contribution < 1.29 is 41.8 Å². The zero-order valence-corrected chi connectivity index (χ0v) is 34.1. The van der Waals surface area contributed by atoms with Crippen LogP contribution in [0.4, 0.5) is 13.2 Å². The van der Waals surface area contributed by atoms with Gasteiger partial charge in [0.2, 0.25) is 17.7 Å². The molecule has 10 rings (SSSR count). The lowest BCUT2D eigenvalue weighted by molar-refractivity contribution is -0.141. The number of fused-ring (bicyclic) bond motifs is 3. The summed E-state index contributed by atoms with van der Waals surface area (Å²) in [6.07, 6.45) is -1.14. The van der Waals surface area contributed by atoms with Gasteiger partial charge in [0.25, 0.3) is 0 Å². The molecule has 3 aromatic carbocycles. The lowest BCUT2D eigenvalue weighted by Crippen LogP contribution is -2.66. The zero-order valence-electron chi connectivity index (χ0n) is 32.6. The number of pyridine rings is 1.